The van der Waals surface area contributed by atoms with Gasteiger partial charge in [-0.3, -0.25) is 0 Å². The Bertz CT molecular complexity index is 512. The van der Waals surface area contributed by atoms with Crippen molar-refractivity contribution in [3.63, 3.8) is 0 Å². The maximum atomic E-state index is 12.2. The van der Waals surface area contributed by atoms with E-state index in [1.54, 1.807) is 19.4 Å². The summed E-state index contributed by atoms with van der Waals surface area (Å²) in [6.45, 7) is 4.72. The van der Waals surface area contributed by atoms with E-state index in [0.29, 0.717) is 18.0 Å². The van der Waals surface area contributed by atoms with Crippen molar-refractivity contribution in [2.75, 3.05) is 26.8 Å². The van der Waals surface area contributed by atoms with E-state index in [1.807, 2.05) is 18.5 Å². The molecule has 0 aromatic carbocycles. The lowest BCUT2D eigenvalue weighted by Gasteiger charge is -2.04. The van der Waals surface area contributed by atoms with Crippen LogP contribution >= 0.6 is 0 Å². The lowest BCUT2D eigenvalue weighted by Crippen LogP contribution is -2.24. The molecule has 0 aliphatic rings. The van der Waals surface area contributed by atoms with Crippen LogP contribution in [0.25, 0.3) is 0 Å². The monoisotopic (exact) mass is 317 g/mol. The van der Waals surface area contributed by atoms with Crippen LogP contribution in [0.1, 0.15) is 31.9 Å². The Morgan fingerprint density at radius 2 is 2.05 bits per heavy atom. The van der Waals surface area contributed by atoms with Crippen LogP contribution in [0.4, 0.5) is 0 Å². The van der Waals surface area contributed by atoms with Crippen molar-refractivity contribution in [2.24, 2.45) is 7.05 Å². The predicted octanol–water partition coefficient (Wildman–Crippen LogP) is 1.23. The number of ether oxygens (including phenoxy) is 1. The minimum Gasteiger partial charge on any atom is -0.385 e. The molecule has 1 rings (SSSR count). The van der Waals surface area contributed by atoms with Crippen molar-refractivity contribution < 1.29 is 13.2 Å². The first kappa shape index (κ1) is 18.2. The third-order valence-corrected chi connectivity index (χ3v) is 4.69. The van der Waals surface area contributed by atoms with Gasteiger partial charge in [0.2, 0.25) is 10.0 Å². The summed E-state index contributed by atoms with van der Waals surface area (Å²) in [5, 5.41) is 3.19. The molecule has 7 heteroatoms. The van der Waals surface area contributed by atoms with Gasteiger partial charge < -0.3 is 14.6 Å². The zero-order chi connectivity index (χ0) is 15.7. The largest absolute Gasteiger partial charge is 0.385 e. The number of hydrogen-bond donors (Lipinski definition) is 2. The number of nitrogens with one attached hydrogen (secondary N) is 2. The quantitative estimate of drug-likeness (QED) is 0.602. The molecular weight excluding hydrogens is 290 g/mol. The SMILES string of the molecule is CCNCc1cc(S(=O)(=O)NCCCCCOC)cn1C. The molecule has 0 atom stereocenters. The summed E-state index contributed by atoms with van der Waals surface area (Å²) in [5.41, 5.74) is 0.956. The van der Waals surface area contributed by atoms with Crippen molar-refractivity contribution in [1.82, 2.24) is 14.6 Å². The predicted molar refractivity (Wildman–Crippen MR) is 83.7 cm³/mol. The summed E-state index contributed by atoms with van der Waals surface area (Å²) >= 11 is 0. The van der Waals surface area contributed by atoms with Gasteiger partial charge in [-0.05, 0) is 31.9 Å². The standard InChI is InChI=1S/C14H27N3O3S/c1-4-15-11-13-10-14(12-17(13)2)21(18,19)16-8-6-5-7-9-20-3/h10,12,15-16H,4-9,11H2,1-3H3. The van der Waals surface area contributed by atoms with Gasteiger partial charge in [0.1, 0.15) is 0 Å². The van der Waals surface area contributed by atoms with Crippen molar-refractivity contribution in [3.8, 4) is 0 Å². The highest BCUT2D eigenvalue weighted by atomic mass is 32.2. The fraction of sp³-hybridized carbons (Fsp3) is 0.714. The fourth-order valence-electron chi connectivity index (χ4n) is 1.99. The summed E-state index contributed by atoms with van der Waals surface area (Å²) in [4.78, 5) is 0.329. The molecule has 0 amide bonds. The van der Waals surface area contributed by atoms with Crippen LogP contribution in [-0.4, -0.2) is 39.8 Å². The number of aromatic nitrogens is 1. The van der Waals surface area contributed by atoms with E-state index in [2.05, 4.69) is 10.0 Å². The Kier molecular flexibility index (Phi) is 7.95. The average Bonchev–Trinajstić information content (AvgIpc) is 2.82. The van der Waals surface area contributed by atoms with E-state index in [1.165, 1.54) is 0 Å². The van der Waals surface area contributed by atoms with Crippen LogP contribution in [0.15, 0.2) is 17.2 Å². The Hall–Kier alpha value is -0.890. The minimum absolute atomic E-state index is 0.329. The highest BCUT2D eigenvalue weighted by Crippen LogP contribution is 2.13. The topological polar surface area (TPSA) is 72.4 Å². The molecule has 1 aromatic rings. The van der Waals surface area contributed by atoms with Crippen LogP contribution in [-0.2, 0) is 28.4 Å². The number of nitrogens with zero attached hydrogens (tertiary/aromatic N) is 1. The lowest BCUT2D eigenvalue weighted by atomic mass is 10.2. The van der Waals surface area contributed by atoms with Crippen LogP contribution < -0.4 is 10.0 Å². The van der Waals surface area contributed by atoms with E-state index in [0.717, 1.165) is 38.1 Å². The molecule has 0 unspecified atom stereocenters. The normalized spacial score (nSPS) is 12.0. The molecule has 0 aliphatic carbocycles. The maximum absolute atomic E-state index is 12.2. The average molecular weight is 317 g/mol. The molecule has 0 bridgehead atoms. The Balaban J connectivity index is 2.50. The summed E-state index contributed by atoms with van der Waals surface area (Å²) in [6.07, 6.45) is 4.38. The minimum atomic E-state index is -3.41. The Morgan fingerprint density at radius 3 is 2.71 bits per heavy atom. The van der Waals surface area contributed by atoms with Gasteiger partial charge in [0.15, 0.2) is 0 Å². The second-order valence-corrected chi connectivity index (χ2v) is 6.78. The molecule has 21 heavy (non-hydrogen) atoms. The van der Waals surface area contributed by atoms with Gasteiger partial charge in [0, 0.05) is 45.7 Å². The van der Waals surface area contributed by atoms with Gasteiger partial charge in [0.25, 0.3) is 0 Å². The molecule has 1 heterocycles. The molecule has 0 saturated carbocycles. The highest BCUT2D eigenvalue weighted by Gasteiger charge is 2.16. The third kappa shape index (κ3) is 6.17. The van der Waals surface area contributed by atoms with Crippen molar-refractivity contribution >= 4 is 10.0 Å². The van der Waals surface area contributed by atoms with Crippen molar-refractivity contribution in [2.45, 2.75) is 37.6 Å². The summed E-state index contributed by atoms with van der Waals surface area (Å²) in [6, 6.07) is 1.72. The summed E-state index contributed by atoms with van der Waals surface area (Å²) < 4.78 is 33.8. The summed E-state index contributed by atoms with van der Waals surface area (Å²) in [7, 11) is 0.118. The molecule has 0 fully saturated rings. The van der Waals surface area contributed by atoms with E-state index in [-0.39, 0.29) is 0 Å². The van der Waals surface area contributed by atoms with E-state index >= 15 is 0 Å². The maximum Gasteiger partial charge on any atom is 0.242 e. The van der Waals surface area contributed by atoms with Gasteiger partial charge in [-0.15, -0.1) is 0 Å². The van der Waals surface area contributed by atoms with Crippen LogP contribution in [0.3, 0.4) is 0 Å². The van der Waals surface area contributed by atoms with Gasteiger partial charge in [0.05, 0.1) is 4.90 Å². The second-order valence-electron chi connectivity index (χ2n) is 5.01. The van der Waals surface area contributed by atoms with E-state index < -0.39 is 10.0 Å². The van der Waals surface area contributed by atoms with Crippen LogP contribution in [0.2, 0.25) is 0 Å². The third-order valence-electron chi connectivity index (χ3n) is 3.27. The molecule has 0 saturated heterocycles. The summed E-state index contributed by atoms with van der Waals surface area (Å²) in [5.74, 6) is 0. The first-order chi connectivity index (χ1) is 10.0. The van der Waals surface area contributed by atoms with Gasteiger partial charge in [-0.1, -0.05) is 6.92 Å². The fourth-order valence-corrected chi connectivity index (χ4v) is 3.16. The number of aryl methyl sites for hydroxylation is 1. The number of methoxy groups -OCH3 is 1. The van der Waals surface area contributed by atoms with Crippen LogP contribution in [0, 0.1) is 0 Å². The molecule has 2 N–H and O–H groups in total. The Morgan fingerprint density at radius 1 is 1.29 bits per heavy atom. The first-order valence-electron chi connectivity index (χ1n) is 7.35. The first-order valence-corrected chi connectivity index (χ1v) is 8.84. The van der Waals surface area contributed by atoms with Crippen LogP contribution in [0.5, 0.6) is 0 Å². The number of unbranched alkanes of at least 4 members (excludes halogenated alkanes) is 2. The second kappa shape index (κ2) is 9.19. The van der Waals surface area contributed by atoms with E-state index in [4.69, 9.17) is 4.74 Å². The molecule has 0 aliphatic heterocycles. The van der Waals surface area contributed by atoms with Gasteiger partial charge >= 0.3 is 0 Å². The van der Waals surface area contributed by atoms with Crippen molar-refractivity contribution in [3.05, 3.63) is 18.0 Å². The molecule has 0 radical (unpaired) electrons. The zero-order valence-electron chi connectivity index (χ0n) is 13.2. The number of sulfonamides is 1. The molecule has 122 valence electrons. The van der Waals surface area contributed by atoms with E-state index in [9.17, 15) is 8.42 Å². The molecule has 0 spiro atoms. The molecule has 6 nitrogen and oxygen atoms in total. The number of hydrogen-bond acceptors (Lipinski definition) is 4. The van der Waals surface area contributed by atoms with Gasteiger partial charge in [-0.2, -0.15) is 0 Å². The molecular formula is C14H27N3O3S. The molecule has 1 aromatic heterocycles. The highest BCUT2D eigenvalue weighted by molar-refractivity contribution is 7.89. The zero-order valence-corrected chi connectivity index (χ0v) is 14.0. The Labute approximate surface area is 127 Å². The number of rotatable bonds is 11. The lowest BCUT2D eigenvalue weighted by molar-refractivity contribution is 0.192. The van der Waals surface area contributed by atoms with Crippen molar-refractivity contribution in [1.29, 1.82) is 0 Å². The van der Waals surface area contributed by atoms with Gasteiger partial charge in [-0.25, -0.2) is 13.1 Å². The smallest absolute Gasteiger partial charge is 0.242 e.